The van der Waals surface area contributed by atoms with Gasteiger partial charge in [0.05, 0.1) is 15.9 Å². The van der Waals surface area contributed by atoms with Crippen molar-refractivity contribution >= 4 is 49.8 Å². The lowest BCUT2D eigenvalue weighted by Gasteiger charge is -2.06. The molecule has 0 unspecified atom stereocenters. The summed E-state index contributed by atoms with van der Waals surface area (Å²) < 4.78 is 1.01. The van der Waals surface area contributed by atoms with Crippen molar-refractivity contribution in [1.29, 1.82) is 0 Å². The average molecular weight is 303 g/mol. The van der Waals surface area contributed by atoms with E-state index in [1.54, 1.807) is 13.0 Å². The van der Waals surface area contributed by atoms with Gasteiger partial charge in [-0.05, 0) is 37.3 Å². The lowest BCUT2D eigenvalue weighted by molar-refractivity contribution is 0.101. The van der Waals surface area contributed by atoms with E-state index in [4.69, 9.17) is 11.6 Å². The van der Waals surface area contributed by atoms with Crippen LogP contribution in [0, 0.1) is 0 Å². The third kappa shape index (κ3) is 2.53. The summed E-state index contributed by atoms with van der Waals surface area (Å²) in [4.78, 5) is 16.1. The normalized spacial score (nSPS) is 10.7. The monoisotopic (exact) mass is 302 g/mol. The first kappa shape index (κ1) is 13.1. The number of hydrogen-bond donors (Lipinski definition) is 1. The van der Waals surface area contributed by atoms with Crippen molar-refractivity contribution in [3.63, 3.8) is 0 Å². The van der Waals surface area contributed by atoms with Gasteiger partial charge < -0.3 is 5.32 Å². The highest BCUT2D eigenvalue weighted by atomic mass is 35.5. The van der Waals surface area contributed by atoms with Gasteiger partial charge >= 0.3 is 0 Å². The Bertz CT molecular complexity index is 797. The van der Waals surface area contributed by atoms with E-state index in [9.17, 15) is 4.79 Å². The molecule has 20 heavy (non-hydrogen) atoms. The Balaban J connectivity index is 1.99. The van der Waals surface area contributed by atoms with Gasteiger partial charge in [0.2, 0.25) is 0 Å². The molecule has 0 fully saturated rings. The summed E-state index contributed by atoms with van der Waals surface area (Å²) in [5.41, 5.74) is 2.32. The first-order chi connectivity index (χ1) is 9.63. The second kappa shape index (κ2) is 5.23. The van der Waals surface area contributed by atoms with E-state index in [-0.39, 0.29) is 5.78 Å². The number of aromatic nitrogens is 1. The number of nitrogens with one attached hydrogen (secondary N) is 1. The van der Waals surface area contributed by atoms with E-state index < -0.39 is 0 Å². The minimum atomic E-state index is 0.0252. The van der Waals surface area contributed by atoms with Crippen LogP contribution in [-0.2, 0) is 0 Å². The number of rotatable bonds is 3. The molecule has 2 aromatic carbocycles. The van der Waals surface area contributed by atoms with E-state index >= 15 is 0 Å². The Morgan fingerprint density at radius 2 is 2.05 bits per heavy atom. The fourth-order valence-corrected chi connectivity index (χ4v) is 3.12. The summed E-state index contributed by atoms with van der Waals surface area (Å²) in [5, 5.41) is 4.64. The predicted octanol–water partition coefficient (Wildman–Crippen LogP) is 4.90. The molecular formula is C15H11ClN2OS. The second-order valence-corrected chi connectivity index (χ2v) is 5.82. The minimum absolute atomic E-state index is 0.0252. The molecule has 1 aromatic heterocycles. The first-order valence-electron chi connectivity index (χ1n) is 6.06. The molecule has 1 heterocycles. The summed E-state index contributed by atoms with van der Waals surface area (Å²) in [7, 11) is 0. The first-order valence-corrected chi connectivity index (χ1v) is 7.26. The van der Waals surface area contributed by atoms with Crippen molar-refractivity contribution < 1.29 is 4.79 Å². The fourth-order valence-electron chi connectivity index (χ4n) is 1.97. The van der Waals surface area contributed by atoms with Crippen LogP contribution >= 0.6 is 22.9 Å². The molecule has 0 amide bonds. The summed E-state index contributed by atoms with van der Waals surface area (Å²) in [6, 6.07) is 13.0. The molecule has 0 aliphatic rings. The van der Waals surface area contributed by atoms with Crippen molar-refractivity contribution in [2.45, 2.75) is 6.92 Å². The molecule has 3 rings (SSSR count). The molecule has 0 aliphatic heterocycles. The van der Waals surface area contributed by atoms with Gasteiger partial charge in [-0.25, -0.2) is 4.98 Å². The minimum Gasteiger partial charge on any atom is -0.331 e. The van der Waals surface area contributed by atoms with Gasteiger partial charge in [-0.3, -0.25) is 4.79 Å². The number of ketones is 1. The number of anilines is 2. The van der Waals surface area contributed by atoms with Crippen LogP contribution in [0.1, 0.15) is 17.3 Å². The summed E-state index contributed by atoms with van der Waals surface area (Å²) >= 11 is 7.48. The number of nitrogens with zero attached hydrogens (tertiary/aromatic N) is 1. The maximum Gasteiger partial charge on any atom is 0.188 e. The number of carbonyl (C=O) groups excluding carboxylic acids is 1. The van der Waals surface area contributed by atoms with Gasteiger partial charge in [0.1, 0.15) is 0 Å². The number of carbonyl (C=O) groups is 1. The summed E-state index contributed by atoms with van der Waals surface area (Å²) in [6.45, 7) is 1.55. The highest BCUT2D eigenvalue weighted by molar-refractivity contribution is 7.22. The number of thiazole rings is 1. The lowest BCUT2D eigenvalue weighted by atomic mass is 10.1. The Morgan fingerprint density at radius 1 is 1.25 bits per heavy atom. The van der Waals surface area contributed by atoms with Crippen molar-refractivity contribution in [1.82, 2.24) is 4.98 Å². The molecule has 1 N–H and O–H groups in total. The Labute approximate surface area is 125 Å². The van der Waals surface area contributed by atoms with Crippen LogP contribution in [0.2, 0.25) is 5.02 Å². The molecular weight excluding hydrogens is 292 g/mol. The van der Waals surface area contributed by atoms with Gasteiger partial charge in [0, 0.05) is 10.6 Å². The number of halogens is 1. The second-order valence-electron chi connectivity index (χ2n) is 4.36. The molecule has 0 saturated heterocycles. The van der Waals surface area contributed by atoms with Crippen molar-refractivity contribution in [2.24, 2.45) is 0 Å². The molecule has 3 nitrogen and oxygen atoms in total. The molecule has 0 aliphatic carbocycles. The molecule has 0 atom stereocenters. The van der Waals surface area contributed by atoms with Crippen LogP contribution < -0.4 is 5.32 Å². The van der Waals surface area contributed by atoms with Gasteiger partial charge in [0.25, 0.3) is 0 Å². The predicted molar refractivity (Wildman–Crippen MR) is 84.4 cm³/mol. The highest BCUT2D eigenvalue weighted by Gasteiger charge is 2.09. The number of Topliss-reactive ketones (excluding diaryl/α,β-unsaturated/α-hetero) is 1. The van der Waals surface area contributed by atoms with E-state index in [2.05, 4.69) is 10.3 Å². The summed E-state index contributed by atoms with van der Waals surface area (Å²) in [6.07, 6.45) is 0. The molecule has 0 radical (unpaired) electrons. The molecule has 0 bridgehead atoms. The highest BCUT2D eigenvalue weighted by Crippen LogP contribution is 2.31. The zero-order valence-corrected chi connectivity index (χ0v) is 12.3. The maximum atomic E-state index is 11.6. The van der Waals surface area contributed by atoms with Crippen LogP contribution in [0.3, 0.4) is 0 Å². The number of benzene rings is 2. The third-order valence-electron chi connectivity index (χ3n) is 2.90. The van der Waals surface area contributed by atoms with Gasteiger partial charge in [-0.15, -0.1) is 0 Å². The zero-order valence-electron chi connectivity index (χ0n) is 10.7. The lowest BCUT2D eigenvalue weighted by Crippen LogP contribution is -1.99. The SMILES string of the molecule is CC(=O)c1ccccc1Nc1nc2ccc(Cl)cc2s1. The van der Waals surface area contributed by atoms with E-state index in [1.165, 1.54) is 11.3 Å². The zero-order chi connectivity index (χ0) is 14.1. The van der Waals surface area contributed by atoms with E-state index in [0.717, 1.165) is 21.0 Å². The van der Waals surface area contributed by atoms with Crippen LogP contribution in [0.25, 0.3) is 10.2 Å². The van der Waals surface area contributed by atoms with Crippen LogP contribution in [0.4, 0.5) is 10.8 Å². The van der Waals surface area contributed by atoms with E-state index in [0.29, 0.717) is 10.6 Å². The largest absolute Gasteiger partial charge is 0.331 e. The van der Waals surface area contributed by atoms with E-state index in [1.807, 2.05) is 36.4 Å². The topological polar surface area (TPSA) is 42.0 Å². The van der Waals surface area contributed by atoms with Crippen molar-refractivity contribution in [2.75, 3.05) is 5.32 Å². The Morgan fingerprint density at radius 3 is 2.85 bits per heavy atom. The number of hydrogen-bond acceptors (Lipinski definition) is 4. The van der Waals surface area contributed by atoms with Gasteiger partial charge in [-0.2, -0.15) is 0 Å². The molecule has 0 spiro atoms. The fraction of sp³-hybridized carbons (Fsp3) is 0.0667. The van der Waals surface area contributed by atoms with Gasteiger partial charge in [0.15, 0.2) is 10.9 Å². The molecule has 100 valence electrons. The average Bonchev–Trinajstić information content (AvgIpc) is 2.80. The van der Waals surface area contributed by atoms with Crippen LogP contribution in [0.15, 0.2) is 42.5 Å². The third-order valence-corrected chi connectivity index (χ3v) is 4.07. The van der Waals surface area contributed by atoms with Crippen LogP contribution in [0.5, 0.6) is 0 Å². The summed E-state index contributed by atoms with van der Waals surface area (Å²) in [5.74, 6) is 0.0252. The standard InChI is InChI=1S/C15H11ClN2OS/c1-9(19)11-4-2-3-5-12(11)17-15-18-13-7-6-10(16)8-14(13)20-15/h2-8H,1H3,(H,17,18). The Hall–Kier alpha value is -1.91. The maximum absolute atomic E-state index is 11.6. The Kier molecular flexibility index (Phi) is 3.42. The molecule has 3 aromatic rings. The quantitative estimate of drug-likeness (QED) is 0.700. The molecule has 0 saturated carbocycles. The van der Waals surface area contributed by atoms with Gasteiger partial charge in [-0.1, -0.05) is 35.1 Å². The smallest absolute Gasteiger partial charge is 0.188 e. The van der Waals surface area contributed by atoms with Crippen molar-refractivity contribution in [3.05, 3.63) is 53.1 Å². The van der Waals surface area contributed by atoms with Crippen LogP contribution in [-0.4, -0.2) is 10.8 Å². The number of para-hydroxylation sites is 1. The van der Waals surface area contributed by atoms with Crippen molar-refractivity contribution in [3.8, 4) is 0 Å². The number of fused-ring (bicyclic) bond motifs is 1. The molecule has 5 heteroatoms.